The maximum absolute atomic E-state index is 13.3. The number of thioether (sulfide) groups is 1. The van der Waals surface area contributed by atoms with Crippen LogP contribution in [0.25, 0.3) is 16.7 Å². The van der Waals surface area contributed by atoms with Gasteiger partial charge < -0.3 is 5.32 Å². The van der Waals surface area contributed by atoms with Crippen molar-refractivity contribution in [2.75, 3.05) is 11.1 Å². The summed E-state index contributed by atoms with van der Waals surface area (Å²) in [5.41, 5.74) is 3.92. The molecule has 1 N–H and O–H groups in total. The second-order valence-corrected chi connectivity index (χ2v) is 9.80. The number of rotatable bonds is 4. The lowest BCUT2D eigenvalue weighted by atomic mass is 10.1. The Morgan fingerprint density at radius 3 is 2.79 bits per heavy atom. The van der Waals surface area contributed by atoms with Crippen LogP contribution in [0.15, 0.2) is 52.5 Å². The quantitative estimate of drug-likeness (QED) is 0.391. The summed E-state index contributed by atoms with van der Waals surface area (Å²) in [4.78, 5) is 30.7. The molecule has 10 heteroatoms. The summed E-state index contributed by atoms with van der Waals surface area (Å²) in [6.45, 7) is 4.08. The summed E-state index contributed by atoms with van der Waals surface area (Å²) in [6, 6.07) is 10.6. The molecule has 0 fully saturated rings. The van der Waals surface area contributed by atoms with E-state index in [4.69, 9.17) is 28.2 Å². The molecule has 168 valence electrons. The van der Waals surface area contributed by atoms with Crippen LogP contribution in [0.5, 0.6) is 0 Å². The van der Waals surface area contributed by atoms with Gasteiger partial charge in [0.25, 0.3) is 5.56 Å². The average molecular weight is 500 g/mol. The first-order chi connectivity index (χ1) is 15.8. The summed E-state index contributed by atoms with van der Waals surface area (Å²) in [5.74, 6) is 0.318. The molecule has 0 saturated heterocycles. The van der Waals surface area contributed by atoms with Crippen molar-refractivity contribution in [1.29, 1.82) is 0 Å². The molecule has 1 aliphatic heterocycles. The SMILES string of the molecule is Cc1ccc(-n2ncc3c(=O)n4c(nc32)SCC4CC(=O)Nc2cc(Cl)ccc2Cl)cc1C. The largest absolute Gasteiger partial charge is 0.325 e. The Balaban J connectivity index is 1.45. The number of carbonyl (C=O) groups is 1. The lowest BCUT2D eigenvalue weighted by molar-refractivity contribution is -0.116. The lowest BCUT2D eigenvalue weighted by Crippen LogP contribution is -2.27. The third-order valence-corrected chi connectivity index (χ3v) is 7.39. The Kier molecular flexibility index (Phi) is 5.68. The molecular weight excluding hydrogens is 481 g/mol. The predicted octanol–water partition coefficient (Wildman–Crippen LogP) is 5.18. The van der Waals surface area contributed by atoms with Crippen LogP contribution < -0.4 is 10.9 Å². The van der Waals surface area contributed by atoms with E-state index in [0.29, 0.717) is 37.7 Å². The van der Waals surface area contributed by atoms with Crippen molar-refractivity contribution < 1.29 is 4.79 Å². The van der Waals surface area contributed by atoms with Crippen LogP contribution in [0.3, 0.4) is 0 Å². The number of carbonyl (C=O) groups excluding carboxylic acids is 1. The predicted molar refractivity (Wildman–Crippen MR) is 132 cm³/mol. The van der Waals surface area contributed by atoms with Gasteiger partial charge in [0.1, 0.15) is 5.39 Å². The number of anilines is 1. The third kappa shape index (κ3) is 4.03. The number of halogens is 2. The van der Waals surface area contributed by atoms with Crippen molar-refractivity contribution in [1.82, 2.24) is 19.3 Å². The molecule has 33 heavy (non-hydrogen) atoms. The monoisotopic (exact) mass is 499 g/mol. The highest BCUT2D eigenvalue weighted by atomic mass is 35.5. The lowest BCUT2D eigenvalue weighted by Gasteiger charge is -2.14. The van der Waals surface area contributed by atoms with Gasteiger partial charge >= 0.3 is 0 Å². The smallest absolute Gasteiger partial charge is 0.265 e. The van der Waals surface area contributed by atoms with Crippen LogP contribution in [0.4, 0.5) is 5.69 Å². The number of nitrogens with one attached hydrogen (secondary N) is 1. The number of amides is 1. The van der Waals surface area contributed by atoms with E-state index in [1.165, 1.54) is 17.3 Å². The fraction of sp³-hybridized carbons (Fsp3) is 0.217. The minimum absolute atomic E-state index is 0.112. The van der Waals surface area contributed by atoms with E-state index in [1.54, 1.807) is 33.6 Å². The van der Waals surface area contributed by atoms with Gasteiger partial charge in [-0.25, -0.2) is 9.67 Å². The normalized spacial score (nSPS) is 15.1. The number of fused-ring (bicyclic) bond motifs is 2. The zero-order valence-corrected chi connectivity index (χ0v) is 20.1. The van der Waals surface area contributed by atoms with Gasteiger partial charge in [-0.3, -0.25) is 14.2 Å². The molecule has 1 aliphatic rings. The standard InChI is InChI=1S/C23H19Cl2N5O2S/c1-12-3-5-15(7-13(12)2)30-21-17(10-26-30)22(32)29-16(11-33-23(29)28-21)9-20(31)27-19-8-14(24)4-6-18(19)25/h3-8,10,16H,9,11H2,1-2H3,(H,27,31). The van der Waals surface area contributed by atoms with E-state index in [1.807, 2.05) is 32.0 Å². The van der Waals surface area contributed by atoms with Crippen LogP contribution in [0.1, 0.15) is 23.6 Å². The fourth-order valence-corrected chi connectivity index (χ4v) is 5.30. The van der Waals surface area contributed by atoms with E-state index >= 15 is 0 Å². The molecule has 0 radical (unpaired) electrons. The second kappa shape index (κ2) is 8.52. The molecule has 0 bridgehead atoms. The summed E-state index contributed by atoms with van der Waals surface area (Å²) >= 11 is 13.6. The Labute approximate surface area is 203 Å². The van der Waals surface area contributed by atoms with E-state index in [0.717, 1.165) is 11.3 Å². The fourth-order valence-electron chi connectivity index (χ4n) is 3.84. The van der Waals surface area contributed by atoms with Gasteiger partial charge in [-0.2, -0.15) is 5.10 Å². The van der Waals surface area contributed by atoms with Crippen molar-refractivity contribution in [3.63, 3.8) is 0 Å². The highest BCUT2D eigenvalue weighted by Gasteiger charge is 2.29. The van der Waals surface area contributed by atoms with Gasteiger partial charge in [0.2, 0.25) is 5.91 Å². The topological polar surface area (TPSA) is 81.8 Å². The molecule has 2 aromatic carbocycles. The van der Waals surface area contributed by atoms with Gasteiger partial charge in [-0.05, 0) is 55.3 Å². The molecular formula is C23H19Cl2N5O2S. The van der Waals surface area contributed by atoms with Gasteiger partial charge in [0.05, 0.1) is 28.6 Å². The first-order valence-corrected chi connectivity index (χ1v) is 12.0. The van der Waals surface area contributed by atoms with Crippen molar-refractivity contribution in [3.05, 3.63) is 74.1 Å². The number of nitrogens with zero attached hydrogens (tertiary/aromatic N) is 4. The van der Waals surface area contributed by atoms with E-state index in [9.17, 15) is 9.59 Å². The van der Waals surface area contributed by atoms with Crippen LogP contribution in [-0.2, 0) is 4.79 Å². The minimum atomic E-state index is -0.322. The molecule has 1 atom stereocenters. The molecule has 0 spiro atoms. The summed E-state index contributed by atoms with van der Waals surface area (Å²) in [5, 5.41) is 9.07. The van der Waals surface area contributed by atoms with Gasteiger partial charge in [-0.15, -0.1) is 0 Å². The molecule has 0 aliphatic carbocycles. The first-order valence-electron chi connectivity index (χ1n) is 10.3. The molecule has 2 aromatic heterocycles. The Morgan fingerprint density at radius 1 is 1.18 bits per heavy atom. The van der Waals surface area contributed by atoms with Crippen LogP contribution in [0.2, 0.25) is 10.0 Å². The van der Waals surface area contributed by atoms with Crippen molar-refractivity contribution >= 4 is 57.6 Å². The molecule has 0 saturated carbocycles. The Hall–Kier alpha value is -2.81. The molecule has 1 amide bonds. The van der Waals surface area contributed by atoms with Crippen LogP contribution in [-0.4, -0.2) is 31.0 Å². The van der Waals surface area contributed by atoms with Crippen LogP contribution >= 0.6 is 35.0 Å². The van der Waals surface area contributed by atoms with Gasteiger partial charge in [-0.1, -0.05) is 41.0 Å². The molecule has 3 heterocycles. The first kappa shape index (κ1) is 22.0. The molecule has 4 aromatic rings. The minimum Gasteiger partial charge on any atom is -0.325 e. The number of hydrogen-bond donors (Lipinski definition) is 1. The summed E-state index contributed by atoms with van der Waals surface area (Å²) in [7, 11) is 0. The van der Waals surface area contributed by atoms with Crippen molar-refractivity contribution in [3.8, 4) is 5.69 Å². The highest BCUT2D eigenvalue weighted by Crippen LogP contribution is 2.34. The maximum Gasteiger partial charge on any atom is 0.265 e. The van der Waals surface area contributed by atoms with Crippen LogP contribution in [0, 0.1) is 13.8 Å². The van der Waals surface area contributed by atoms with Crippen molar-refractivity contribution in [2.45, 2.75) is 31.5 Å². The van der Waals surface area contributed by atoms with E-state index in [2.05, 4.69) is 10.4 Å². The second-order valence-electron chi connectivity index (χ2n) is 7.97. The number of aryl methyl sites for hydroxylation is 2. The zero-order chi connectivity index (χ0) is 23.3. The molecule has 7 nitrogen and oxygen atoms in total. The number of benzene rings is 2. The zero-order valence-electron chi connectivity index (χ0n) is 17.8. The van der Waals surface area contributed by atoms with E-state index < -0.39 is 0 Å². The summed E-state index contributed by atoms with van der Waals surface area (Å²) in [6.07, 6.45) is 1.65. The number of hydrogen-bond acceptors (Lipinski definition) is 5. The summed E-state index contributed by atoms with van der Waals surface area (Å²) < 4.78 is 3.28. The van der Waals surface area contributed by atoms with E-state index in [-0.39, 0.29) is 23.9 Å². The van der Waals surface area contributed by atoms with Crippen molar-refractivity contribution in [2.24, 2.45) is 0 Å². The van der Waals surface area contributed by atoms with Gasteiger partial charge in [0, 0.05) is 17.2 Å². The Bertz CT molecular complexity index is 1480. The molecule has 5 rings (SSSR count). The maximum atomic E-state index is 13.3. The third-order valence-electron chi connectivity index (χ3n) is 5.73. The highest BCUT2D eigenvalue weighted by molar-refractivity contribution is 7.99. The van der Waals surface area contributed by atoms with Gasteiger partial charge in [0.15, 0.2) is 10.8 Å². The molecule has 1 unspecified atom stereocenters. The average Bonchev–Trinajstić information content (AvgIpc) is 3.38. The Morgan fingerprint density at radius 2 is 2.00 bits per heavy atom. The number of aromatic nitrogens is 4.